The molecule has 0 radical (unpaired) electrons. The van der Waals surface area contributed by atoms with Gasteiger partial charge in [-0.15, -0.1) is 0 Å². The van der Waals surface area contributed by atoms with E-state index in [1.807, 2.05) is 13.1 Å². The first-order chi connectivity index (χ1) is 11.7. The first-order valence-electron chi connectivity index (χ1n) is 8.14. The number of nitrogens with one attached hydrogen (secondary N) is 1. The number of thioether (sulfide) groups is 1. The molecule has 0 aliphatic carbocycles. The van der Waals surface area contributed by atoms with Gasteiger partial charge in [-0.25, -0.2) is 4.79 Å². The number of allylic oxidation sites excluding steroid dienone is 3. The van der Waals surface area contributed by atoms with Gasteiger partial charge < -0.3 is 20.4 Å². The maximum atomic E-state index is 11.1. The number of aliphatic carboxylic acids is 2. The van der Waals surface area contributed by atoms with Gasteiger partial charge in [0.25, 0.3) is 0 Å². The lowest BCUT2D eigenvalue weighted by atomic mass is 10.0. The van der Waals surface area contributed by atoms with E-state index in [1.54, 1.807) is 0 Å². The lowest BCUT2D eigenvalue weighted by molar-refractivity contribution is -0.140. The second-order valence-electron chi connectivity index (χ2n) is 6.04. The van der Waals surface area contributed by atoms with Crippen LogP contribution in [0.15, 0.2) is 23.4 Å². The number of carboxylic acids is 2. The minimum absolute atomic E-state index is 0.0991. The van der Waals surface area contributed by atoms with E-state index in [2.05, 4.69) is 23.2 Å². The highest BCUT2D eigenvalue weighted by Gasteiger charge is 2.19. The van der Waals surface area contributed by atoms with Crippen molar-refractivity contribution in [3.63, 3.8) is 0 Å². The predicted molar refractivity (Wildman–Crippen MR) is 97.4 cm³/mol. The fraction of sp³-hybridized carbons (Fsp3) is 0.588. The summed E-state index contributed by atoms with van der Waals surface area (Å²) in [6.45, 7) is 3.35. The van der Waals surface area contributed by atoms with Gasteiger partial charge in [0.15, 0.2) is 0 Å². The van der Waals surface area contributed by atoms with Gasteiger partial charge in [-0.1, -0.05) is 6.08 Å². The highest BCUT2D eigenvalue weighted by atomic mass is 32.2. The Morgan fingerprint density at radius 2 is 2.00 bits per heavy atom. The van der Waals surface area contributed by atoms with Crippen LogP contribution in [0.25, 0.3) is 0 Å². The number of nitrogens with zero attached hydrogens (tertiary/aromatic N) is 1. The quantitative estimate of drug-likeness (QED) is 0.503. The van der Waals surface area contributed by atoms with Crippen molar-refractivity contribution in [2.24, 2.45) is 0 Å². The smallest absolute Gasteiger partial charge is 0.327 e. The molecule has 0 spiro atoms. The third-order valence-electron chi connectivity index (χ3n) is 3.96. The summed E-state index contributed by atoms with van der Waals surface area (Å²) in [6.07, 6.45) is 5.51. The van der Waals surface area contributed by atoms with Gasteiger partial charge in [0.1, 0.15) is 6.04 Å². The number of hydrogen-bond donors (Lipinski definition) is 3. The summed E-state index contributed by atoms with van der Waals surface area (Å²) in [5.41, 5.74) is 2.13. The molecule has 1 aliphatic rings. The van der Waals surface area contributed by atoms with E-state index in [0.717, 1.165) is 23.4 Å². The third kappa shape index (κ3) is 7.64. The van der Waals surface area contributed by atoms with Crippen molar-refractivity contribution in [3.8, 4) is 0 Å². The highest BCUT2D eigenvalue weighted by Crippen LogP contribution is 2.25. The second kappa shape index (κ2) is 10.1. The number of rotatable bonds is 10. The average Bonchev–Trinajstić information content (AvgIpc) is 2.51. The van der Waals surface area contributed by atoms with E-state index in [-0.39, 0.29) is 18.4 Å². The Morgan fingerprint density at radius 3 is 2.56 bits per heavy atom. The zero-order chi connectivity index (χ0) is 19.0. The molecule has 0 saturated heterocycles. The number of amides is 1. The first kappa shape index (κ1) is 21.1. The molecule has 7 nitrogen and oxygen atoms in total. The molecule has 140 valence electrons. The van der Waals surface area contributed by atoms with Gasteiger partial charge in [0.05, 0.1) is 6.42 Å². The van der Waals surface area contributed by atoms with Crippen molar-refractivity contribution in [3.05, 3.63) is 23.4 Å². The van der Waals surface area contributed by atoms with Crippen LogP contribution in [0.5, 0.6) is 0 Å². The minimum atomic E-state index is -1.04. The Bertz CT molecular complexity index is 573. The molecule has 25 heavy (non-hydrogen) atoms. The van der Waals surface area contributed by atoms with Gasteiger partial charge in [-0.3, -0.25) is 9.59 Å². The van der Waals surface area contributed by atoms with E-state index >= 15 is 0 Å². The largest absolute Gasteiger partial charge is 0.481 e. The Kier molecular flexibility index (Phi) is 8.54. The maximum Gasteiger partial charge on any atom is 0.327 e. The summed E-state index contributed by atoms with van der Waals surface area (Å²) in [5, 5.41) is 20.3. The van der Waals surface area contributed by atoms with Crippen LogP contribution in [0, 0.1) is 0 Å². The number of carbonyl (C=O) groups is 3. The van der Waals surface area contributed by atoms with Gasteiger partial charge in [-0.2, -0.15) is 11.8 Å². The standard InChI is InChI=1S/C17H26N2O5S/c1-11-8-13(9-14(19(11)3)4-5-16(21)22)6-7-25-10-15(17(23)24)18-12(2)20/h8-9,11,15H,4-7,10H2,1-3H3,(H,18,20)(H,21,22)(H,23,24). The van der Waals surface area contributed by atoms with Crippen LogP contribution in [-0.2, 0) is 14.4 Å². The van der Waals surface area contributed by atoms with Crippen molar-refractivity contribution >= 4 is 29.6 Å². The Hall–Kier alpha value is -1.96. The predicted octanol–water partition coefficient (Wildman–Crippen LogP) is 1.71. The monoisotopic (exact) mass is 370 g/mol. The normalized spacial score (nSPS) is 18.2. The van der Waals surface area contributed by atoms with Gasteiger partial charge >= 0.3 is 11.9 Å². The van der Waals surface area contributed by atoms with Crippen molar-refractivity contribution in [1.29, 1.82) is 0 Å². The number of carbonyl (C=O) groups excluding carboxylic acids is 1. The fourth-order valence-electron chi connectivity index (χ4n) is 2.50. The molecule has 1 heterocycles. The second-order valence-corrected chi connectivity index (χ2v) is 7.19. The van der Waals surface area contributed by atoms with Crippen LogP contribution >= 0.6 is 11.8 Å². The molecule has 1 rings (SSSR count). The van der Waals surface area contributed by atoms with Gasteiger partial charge in [0, 0.05) is 31.5 Å². The number of carboxylic acid groups (broad SMARTS) is 2. The Morgan fingerprint density at radius 1 is 1.32 bits per heavy atom. The van der Waals surface area contributed by atoms with Crippen LogP contribution in [0.2, 0.25) is 0 Å². The summed E-state index contributed by atoms with van der Waals surface area (Å²) in [7, 11) is 1.95. The molecule has 1 amide bonds. The van der Waals surface area contributed by atoms with E-state index < -0.39 is 18.0 Å². The molecule has 2 atom stereocenters. The molecule has 2 unspecified atom stereocenters. The van der Waals surface area contributed by atoms with E-state index in [1.165, 1.54) is 18.7 Å². The van der Waals surface area contributed by atoms with Crippen LogP contribution in [-0.4, -0.2) is 63.6 Å². The third-order valence-corrected chi connectivity index (χ3v) is 5.02. The van der Waals surface area contributed by atoms with Crippen molar-refractivity contribution in [1.82, 2.24) is 10.2 Å². The molecule has 0 aromatic heterocycles. The minimum Gasteiger partial charge on any atom is -0.481 e. The SMILES string of the molecule is CC(=O)NC(CSCCC1=CC(C)N(C)C(CCC(=O)O)=C1)C(=O)O. The Balaban J connectivity index is 2.52. The van der Waals surface area contributed by atoms with Crippen molar-refractivity contribution in [2.45, 2.75) is 45.2 Å². The molecule has 3 N–H and O–H groups in total. The molecule has 1 aliphatic heterocycles. The van der Waals surface area contributed by atoms with Crippen molar-refractivity contribution < 1.29 is 24.6 Å². The molecular formula is C17H26N2O5S. The van der Waals surface area contributed by atoms with E-state index in [9.17, 15) is 14.4 Å². The van der Waals surface area contributed by atoms with Crippen LogP contribution in [0.4, 0.5) is 0 Å². The molecule has 0 aromatic rings. The number of likely N-dealkylation sites (N-methyl/N-ethyl adjacent to an activating group) is 1. The van der Waals surface area contributed by atoms with E-state index in [0.29, 0.717) is 12.2 Å². The lowest BCUT2D eigenvalue weighted by Crippen LogP contribution is -2.41. The van der Waals surface area contributed by atoms with Crippen LogP contribution < -0.4 is 5.32 Å². The van der Waals surface area contributed by atoms with Crippen LogP contribution in [0.3, 0.4) is 0 Å². The first-order valence-corrected chi connectivity index (χ1v) is 9.29. The topological polar surface area (TPSA) is 107 Å². The lowest BCUT2D eigenvalue weighted by Gasteiger charge is -2.32. The molecule has 0 saturated carbocycles. The molecule has 8 heteroatoms. The summed E-state index contributed by atoms with van der Waals surface area (Å²) >= 11 is 1.47. The van der Waals surface area contributed by atoms with Gasteiger partial charge in [-0.05, 0) is 37.2 Å². The summed E-state index contributed by atoms with van der Waals surface area (Å²) in [6, 6.07) is -0.686. The summed E-state index contributed by atoms with van der Waals surface area (Å²) in [4.78, 5) is 34.9. The molecule has 0 fully saturated rings. The molecule has 0 aromatic carbocycles. The summed E-state index contributed by atoms with van der Waals surface area (Å²) < 4.78 is 0. The van der Waals surface area contributed by atoms with E-state index in [4.69, 9.17) is 10.2 Å². The zero-order valence-corrected chi connectivity index (χ0v) is 15.6. The molecule has 0 bridgehead atoms. The highest BCUT2D eigenvalue weighted by molar-refractivity contribution is 7.99. The number of hydrogen-bond acceptors (Lipinski definition) is 5. The Labute approximate surface area is 152 Å². The fourth-order valence-corrected chi connectivity index (χ4v) is 3.51. The van der Waals surface area contributed by atoms with Gasteiger partial charge in [0.2, 0.25) is 5.91 Å². The molecular weight excluding hydrogens is 344 g/mol. The van der Waals surface area contributed by atoms with Crippen molar-refractivity contribution in [2.75, 3.05) is 18.6 Å². The van der Waals surface area contributed by atoms with Crippen LogP contribution in [0.1, 0.15) is 33.1 Å². The maximum absolute atomic E-state index is 11.1. The average molecular weight is 370 g/mol. The summed E-state index contributed by atoms with van der Waals surface area (Å²) in [5.74, 6) is -1.16. The zero-order valence-electron chi connectivity index (χ0n) is 14.8.